The first-order valence-electron chi connectivity index (χ1n) is 8.34. The molecule has 0 unspecified atom stereocenters. The maximum Gasteiger partial charge on any atom is 0.407 e. The van der Waals surface area contributed by atoms with Crippen LogP contribution in [0.5, 0.6) is 0 Å². The first kappa shape index (κ1) is 17.0. The van der Waals surface area contributed by atoms with Crippen LogP contribution in [0.2, 0.25) is 0 Å². The van der Waals surface area contributed by atoms with E-state index in [2.05, 4.69) is 33.6 Å². The van der Waals surface area contributed by atoms with Crippen molar-refractivity contribution in [2.75, 3.05) is 18.0 Å². The molecular formula is C17H24N4O2S. The number of nitrogens with one attached hydrogen (secondary N) is 1. The molecule has 0 saturated carbocycles. The summed E-state index contributed by atoms with van der Waals surface area (Å²) in [6.45, 7) is 9.28. The van der Waals surface area contributed by atoms with Crippen molar-refractivity contribution in [2.24, 2.45) is 0 Å². The van der Waals surface area contributed by atoms with Gasteiger partial charge in [-0.15, -0.1) is 11.3 Å². The SMILES string of the molecule is CCc1nc(N2CC[C@@H](NC(=O)OC(C)(C)C)C2)c2ccsc2n1. The minimum atomic E-state index is -0.478. The molecule has 1 N–H and O–H groups in total. The highest BCUT2D eigenvalue weighted by atomic mass is 32.1. The van der Waals surface area contributed by atoms with Crippen LogP contribution in [0.15, 0.2) is 11.4 Å². The number of aryl methyl sites for hydroxylation is 1. The van der Waals surface area contributed by atoms with Crippen molar-refractivity contribution in [3.63, 3.8) is 0 Å². The summed E-state index contributed by atoms with van der Waals surface area (Å²) in [5, 5.41) is 6.11. The molecule has 1 atom stereocenters. The standard InChI is InChI=1S/C17H24N4O2S/c1-5-13-19-14(12-7-9-24-15(12)20-13)21-8-6-11(10-21)18-16(22)23-17(2,3)4/h7,9,11H,5-6,8,10H2,1-4H3,(H,18,22)/t11-/m1/s1. The van der Waals surface area contributed by atoms with E-state index in [4.69, 9.17) is 9.72 Å². The molecular weight excluding hydrogens is 324 g/mol. The summed E-state index contributed by atoms with van der Waals surface area (Å²) in [5.74, 6) is 1.84. The third kappa shape index (κ3) is 3.77. The molecule has 3 heterocycles. The maximum absolute atomic E-state index is 12.0. The number of fused-ring (bicyclic) bond motifs is 1. The Morgan fingerprint density at radius 2 is 2.25 bits per heavy atom. The summed E-state index contributed by atoms with van der Waals surface area (Å²) in [5.41, 5.74) is -0.478. The van der Waals surface area contributed by atoms with E-state index in [1.165, 1.54) is 0 Å². The summed E-state index contributed by atoms with van der Waals surface area (Å²) in [6.07, 6.45) is 1.34. The molecule has 1 saturated heterocycles. The van der Waals surface area contributed by atoms with E-state index < -0.39 is 5.60 Å². The van der Waals surface area contributed by atoms with Crippen molar-refractivity contribution in [3.8, 4) is 0 Å². The van der Waals surface area contributed by atoms with Crippen LogP contribution in [0.1, 0.15) is 39.9 Å². The van der Waals surface area contributed by atoms with Gasteiger partial charge in [0, 0.05) is 19.5 Å². The van der Waals surface area contributed by atoms with Crippen LogP contribution in [-0.2, 0) is 11.2 Å². The molecule has 0 bridgehead atoms. The number of carbonyl (C=O) groups excluding carboxylic acids is 1. The summed E-state index contributed by atoms with van der Waals surface area (Å²) in [4.78, 5) is 24.5. The fraction of sp³-hybridized carbons (Fsp3) is 0.588. The number of aromatic nitrogens is 2. The molecule has 7 heteroatoms. The number of hydrogen-bond donors (Lipinski definition) is 1. The summed E-state index contributed by atoms with van der Waals surface area (Å²) in [6, 6.07) is 2.15. The van der Waals surface area contributed by atoms with Crippen molar-refractivity contribution < 1.29 is 9.53 Å². The van der Waals surface area contributed by atoms with Gasteiger partial charge in [-0.05, 0) is 38.6 Å². The van der Waals surface area contributed by atoms with Gasteiger partial charge in [0.2, 0.25) is 0 Å². The van der Waals surface area contributed by atoms with Crippen LogP contribution < -0.4 is 10.2 Å². The molecule has 24 heavy (non-hydrogen) atoms. The van der Waals surface area contributed by atoms with E-state index in [9.17, 15) is 4.79 Å². The topological polar surface area (TPSA) is 67.4 Å². The second-order valence-corrected chi connectivity index (χ2v) is 7.93. The van der Waals surface area contributed by atoms with Gasteiger partial charge in [-0.3, -0.25) is 0 Å². The monoisotopic (exact) mass is 348 g/mol. The van der Waals surface area contributed by atoms with Crippen LogP contribution in [0.3, 0.4) is 0 Å². The third-order valence-corrected chi connectivity index (χ3v) is 4.68. The number of amides is 1. The van der Waals surface area contributed by atoms with Crippen molar-refractivity contribution in [1.29, 1.82) is 0 Å². The number of ether oxygens (including phenoxy) is 1. The van der Waals surface area contributed by atoms with Crippen LogP contribution in [0.25, 0.3) is 10.2 Å². The smallest absolute Gasteiger partial charge is 0.407 e. The largest absolute Gasteiger partial charge is 0.444 e. The predicted octanol–water partition coefficient (Wildman–Crippen LogP) is 3.36. The highest BCUT2D eigenvalue weighted by Crippen LogP contribution is 2.30. The molecule has 1 aliphatic heterocycles. The summed E-state index contributed by atoms with van der Waals surface area (Å²) >= 11 is 1.64. The number of nitrogens with zero attached hydrogens (tertiary/aromatic N) is 3. The van der Waals surface area contributed by atoms with Crippen LogP contribution >= 0.6 is 11.3 Å². The zero-order valence-corrected chi connectivity index (χ0v) is 15.4. The maximum atomic E-state index is 12.0. The predicted molar refractivity (Wildman–Crippen MR) is 96.8 cm³/mol. The lowest BCUT2D eigenvalue weighted by Crippen LogP contribution is -2.40. The molecule has 1 fully saturated rings. The Morgan fingerprint density at radius 3 is 2.96 bits per heavy atom. The molecule has 0 radical (unpaired) electrons. The second kappa shape index (κ2) is 6.55. The minimum absolute atomic E-state index is 0.0774. The quantitative estimate of drug-likeness (QED) is 0.921. The van der Waals surface area contributed by atoms with E-state index in [0.29, 0.717) is 0 Å². The average Bonchev–Trinajstić information content (AvgIpc) is 3.12. The van der Waals surface area contributed by atoms with E-state index in [1.807, 2.05) is 20.8 Å². The first-order valence-corrected chi connectivity index (χ1v) is 9.22. The van der Waals surface area contributed by atoms with Gasteiger partial charge in [-0.25, -0.2) is 14.8 Å². The van der Waals surface area contributed by atoms with Crippen molar-refractivity contribution in [3.05, 3.63) is 17.3 Å². The summed E-state index contributed by atoms with van der Waals surface area (Å²) < 4.78 is 5.34. The fourth-order valence-corrected chi connectivity index (χ4v) is 3.60. The number of hydrogen-bond acceptors (Lipinski definition) is 6. The van der Waals surface area contributed by atoms with E-state index in [-0.39, 0.29) is 12.1 Å². The van der Waals surface area contributed by atoms with E-state index >= 15 is 0 Å². The third-order valence-electron chi connectivity index (χ3n) is 3.88. The normalized spacial score (nSPS) is 18.2. The Balaban J connectivity index is 1.72. The molecule has 6 nitrogen and oxygen atoms in total. The van der Waals surface area contributed by atoms with E-state index in [1.54, 1.807) is 11.3 Å². The molecule has 130 valence electrons. The van der Waals surface area contributed by atoms with Gasteiger partial charge in [0.05, 0.1) is 11.4 Å². The van der Waals surface area contributed by atoms with Crippen LogP contribution in [-0.4, -0.2) is 40.8 Å². The molecule has 0 aromatic carbocycles. The van der Waals surface area contributed by atoms with Crippen molar-refractivity contribution >= 4 is 33.5 Å². The van der Waals surface area contributed by atoms with Crippen molar-refractivity contribution in [1.82, 2.24) is 15.3 Å². The molecule has 3 rings (SSSR count). The van der Waals surface area contributed by atoms with Gasteiger partial charge >= 0.3 is 6.09 Å². The Bertz CT molecular complexity index is 738. The number of rotatable bonds is 3. The molecule has 2 aromatic rings. The number of alkyl carbamates (subject to hydrolysis) is 1. The van der Waals surface area contributed by atoms with Gasteiger partial charge in [0.15, 0.2) is 0 Å². The molecule has 0 spiro atoms. The lowest BCUT2D eigenvalue weighted by atomic mass is 10.2. The Hall–Kier alpha value is -1.89. The van der Waals surface area contributed by atoms with Crippen LogP contribution in [0.4, 0.5) is 10.6 Å². The molecule has 1 aliphatic rings. The average molecular weight is 348 g/mol. The van der Waals surface area contributed by atoms with E-state index in [0.717, 1.165) is 47.8 Å². The molecule has 2 aromatic heterocycles. The Labute approximate surface area is 146 Å². The molecule has 1 amide bonds. The van der Waals surface area contributed by atoms with Crippen LogP contribution in [0, 0.1) is 0 Å². The zero-order valence-electron chi connectivity index (χ0n) is 14.6. The number of thiophene rings is 1. The lowest BCUT2D eigenvalue weighted by molar-refractivity contribution is 0.0509. The first-order chi connectivity index (χ1) is 11.4. The number of anilines is 1. The van der Waals surface area contributed by atoms with Gasteiger partial charge in [-0.2, -0.15) is 0 Å². The van der Waals surface area contributed by atoms with Gasteiger partial charge < -0.3 is 15.0 Å². The Morgan fingerprint density at radius 1 is 1.46 bits per heavy atom. The van der Waals surface area contributed by atoms with Gasteiger partial charge in [0.1, 0.15) is 22.1 Å². The van der Waals surface area contributed by atoms with Crippen molar-refractivity contribution in [2.45, 2.75) is 52.2 Å². The highest BCUT2D eigenvalue weighted by Gasteiger charge is 2.28. The zero-order chi connectivity index (χ0) is 17.3. The molecule has 0 aliphatic carbocycles. The summed E-state index contributed by atoms with van der Waals surface area (Å²) in [7, 11) is 0. The Kier molecular flexibility index (Phi) is 4.62. The second-order valence-electron chi connectivity index (χ2n) is 7.03. The highest BCUT2D eigenvalue weighted by molar-refractivity contribution is 7.16. The number of carbonyl (C=O) groups is 1. The minimum Gasteiger partial charge on any atom is -0.444 e. The van der Waals surface area contributed by atoms with Gasteiger partial charge in [0.25, 0.3) is 0 Å². The van der Waals surface area contributed by atoms with Gasteiger partial charge in [-0.1, -0.05) is 6.92 Å². The lowest BCUT2D eigenvalue weighted by Gasteiger charge is -2.22. The fourth-order valence-electron chi connectivity index (χ4n) is 2.83.